The zero-order chi connectivity index (χ0) is 18.4. The van der Waals surface area contributed by atoms with Crippen molar-refractivity contribution in [2.75, 3.05) is 13.2 Å². The molecule has 0 bridgehead atoms. The summed E-state index contributed by atoms with van der Waals surface area (Å²) in [5.41, 5.74) is 3.95. The summed E-state index contributed by atoms with van der Waals surface area (Å²) in [6, 6.07) is 17.8. The first-order valence-corrected chi connectivity index (χ1v) is 9.09. The zero-order valence-electron chi connectivity index (χ0n) is 15.1. The normalized spacial score (nSPS) is 19.5. The molecule has 4 heteroatoms. The van der Waals surface area contributed by atoms with E-state index in [9.17, 15) is 4.79 Å². The van der Waals surface area contributed by atoms with Crippen LogP contribution in [0.25, 0.3) is 0 Å². The predicted molar refractivity (Wildman–Crippen MR) is 101 cm³/mol. The van der Waals surface area contributed by atoms with Gasteiger partial charge in [0.15, 0.2) is 0 Å². The Morgan fingerprint density at radius 1 is 1.19 bits per heavy atom. The topological polar surface area (TPSA) is 62.1 Å². The number of amides is 1. The molecule has 2 aromatic carbocycles. The van der Waals surface area contributed by atoms with E-state index < -0.39 is 0 Å². The highest BCUT2D eigenvalue weighted by atomic mass is 16.5. The van der Waals surface area contributed by atoms with Crippen molar-refractivity contribution in [3.05, 3.63) is 70.8 Å². The summed E-state index contributed by atoms with van der Waals surface area (Å²) in [7, 11) is 0. The van der Waals surface area contributed by atoms with Crippen LogP contribution >= 0.6 is 0 Å². The van der Waals surface area contributed by atoms with Gasteiger partial charge in [-0.25, -0.2) is 0 Å². The van der Waals surface area contributed by atoms with E-state index in [1.807, 2.05) is 12.1 Å². The van der Waals surface area contributed by atoms with E-state index in [-0.39, 0.29) is 17.9 Å². The number of aryl methyl sites for hydroxylation is 1. The summed E-state index contributed by atoms with van der Waals surface area (Å²) in [5.74, 6) is 0.190. The molecule has 1 amide bonds. The minimum absolute atomic E-state index is 0.0302. The lowest BCUT2D eigenvalue weighted by molar-refractivity contribution is -0.0272. The van der Waals surface area contributed by atoms with Gasteiger partial charge in [0.25, 0.3) is 5.91 Å². The van der Waals surface area contributed by atoms with Crippen molar-refractivity contribution < 1.29 is 9.53 Å². The van der Waals surface area contributed by atoms with E-state index in [1.54, 1.807) is 12.1 Å². The second kappa shape index (κ2) is 8.64. The van der Waals surface area contributed by atoms with Crippen LogP contribution < -0.4 is 5.32 Å². The monoisotopic (exact) mass is 348 g/mol. The largest absolute Gasteiger partial charge is 0.373 e. The van der Waals surface area contributed by atoms with E-state index in [1.165, 1.54) is 11.1 Å². The van der Waals surface area contributed by atoms with Crippen LogP contribution in [0.5, 0.6) is 0 Å². The third kappa shape index (κ3) is 4.50. The zero-order valence-corrected chi connectivity index (χ0v) is 15.1. The summed E-state index contributed by atoms with van der Waals surface area (Å²) >= 11 is 0. The maximum absolute atomic E-state index is 12.4. The van der Waals surface area contributed by atoms with E-state index in [4.69, 9.17) is 10.00 Å². The quantitative estimate of drug-likeness (QED) is 0.890. The van der Waals surface area contributed by atoms with Crippen LogP contribution in [0.15, 0.2) is 48.5 Å². The van der Waals surface area contributed by atoms with Crippen LogP contribution in [-0.4, -0.2) is 19.1 Å². The standard InChI is InChI=1S/C22H24N2O2/c1-16-4-8-18(9-5-16)21-20(3-2-14-26-21)15-24-22(25)19-10-6-17(7-11-19)12-13-23/h4-11,20-21H,2-3,12,14-15H2,1H3,(H,24,25). The molecule has 0 aromatic heterocycles. The molecule has 3 rings (SSSR count). The molecule has 0 spiro atoms. The number of nitriles is 1. The number of benzene rings is 2. The number of carbonyl (C=O) groups is 1. The minimum atomic E-state index is -0.0817. The average Bonchev–Trinajstić information content (AvgIpc) is 2.68. The Hall–Kier alpha value is -2.64. The number of nitrogens with zero attached hydrogens (tertiary/aromatic N) is 1. The molecule has 2 atom stereocenters. The van der Waals surface area contributed by atoms with Crippen molar-refractivity contribution in [1.82, 2.24) is 5.32 Å². The number of hydrogen-bond acceptors (Lipinski definition) is 3. The first-order chi connectivity index (χ1) is 12.7. The van der Waals surface area contributed by atoms with Crippen molar-refractivity contribution in [1.29, 1.82) is 5.26 Å². The second-order valence-corrected chi connectivity index (χ2v) is 6.85. The lowest BCUT2D eigenvalue weighted by Crippen LogP contribution is -2.35. The van der Waals surface area contributed by atoms with Crippen LogP contribution in [-0.2, 0) is 11.2 Å². The highest BCUT2D eigenvalue weighted by molar-refractivity contribution is 5.94. The molecular formula is C22H24N2O2. The Balaban J connectivity index is 1.62. The van der Waals surface area contributed by atoms with Gasteiger partial charge < -0.3 is 10.1 Å². The van der Waals surface area contributed by atoms with Gasteiger partial charge in [-0.2, -0.15) is 5.26 Å². The molecule has 1 aliphatic heterocycles. The van der Waals surface area contributed by atoms with Crippen molar-refractivity contribution in [3.63, 3.8) is 0 Å². The van der Waals surface area contributed by atoms with Gasteiger partial charge in [0.2, 0.25) is 0 Å². The van der Waals surface area contributed by atoms with E-state index in [0.717, 1.165) is 25.0 Å². The lowest BCUT2D eigenvalue weighted by Gasteiger charge is -2.32. The number of ether oxygens (including phenoxy) is 1. The fraction of sp³-hybridized carbons (Fsp3) is 0.364. The van der Waals surface area contributed by atoms with Gasteiger partial charge in [0.1, 0.15) is 0 Å². The molecule has 26 heavy (non-hydrogen) atoms. The molecule has 0 aliphatic carbocycles. The first-order valence-electron chi connectivity index (χ1n) is 9.09. The number of nitrogens with one attached hydrogen (secondary N) is 1. The fourth-order valence-corrected chi connectivity index (χ4v) is 3.37. The van der Waals surface area contributed by atoms with Crippen molar-refractivity contribution in [2.24, 2.45) is 5.92 Å². The lowest BCUT2D eigenvalue weighted by atomic mass is 9.89. The maximum Gasteiger partial charge on any atom is 0.251 e. The summed E-state index contributed by atoms with van der Waals surface area (Å²) in [6.07, 6.45) is 2.45. The van der Waals surface area contributed by atoms with Gasteiger partial charge in [0, 0.05) is 24.6 Å². The summed E-state index contributed by atoms with van der Waals surface area (Å²) in [6.45, 7) is 3.44. The molecule has 2 unspecified atom stereocenters. The van der Waals surface area contributed by atoms with Crippen molar-refractivity contribution in [2.45, 2.75) is 32.3 Å². The van der Waals surface area contributed by atoms with Crippen LogP contribution in [0.1, 0.15) is 46.0 Å². The van der Waals surface area contributed by atoms with E-state index in [2.05, 4.69) is 42.6 Å². The number of carbonyl (C=O) groups excluding carboxylic acids is 1. The Morgan fingerprint density at radius 3 is 2.62 bits per heavy atom. The molecule has 2 aromatic rings. The highest BCUT2D eigenvalue weighted by Crippen LogP contribution is 2.33. The second-order valence-electron chi connectivity index (χ2n) is 6.85. The summed E-state index contributed by atoms with van der Waals surface area (Å²) < 4.78 is 6.02. The molecule has 1 N–H and O–H groups in total. The fourth-order valence-electron chi connectivity index (χ4n) is 3.37. The molecule has 1 fully saturated rings. The van der Waals surface area contributed by atoms with Gasteiger partial charge >= 0.3 is 0 Å². The SMILES string of the molecule is Cc1ccc(C2OCCCC2CNC(=O)c2ccc(CC#N)cc2)cc1. The van der Waals surface area contributed by atoms with E-state index >= 15 is 0 Å². The Labute approximate surface area is 154 Å². The Kier molecular flexibility index (Phi) is 6.04. The van der Waals surface area contributed by atoms with Crippen molar-refractivity contribution >= 4 is 5.91 Å². The third-order valence-electron chi connectivity index (χ3n) is 4.87. The van der Waals surface area contributed by atoms with Crippen LogP contribution in [0.2, 0.25) is 0 Å². The molecule has 0 radical (unpaired) electrons. The van der Waals surface area contributed by atoms with Gasteiger partial charge in [-0.3, -0.25) is 4.79 Å². The number of rotatable bonds is 5. The molecule has 0 saturated carbocycles. The molecule has 4 nitrogen and oxygen atoms in total. The third-order valence-corrected chi connectivity index (χ3v) is 4.87. The molecule has 134 valence electrons. The molecular weight excluding hydrogens is 324 g/mol. The predicted octanol–water partition coefficient (Wildman–Crippen LogP) is 3.96. The molecule has 1 saturated heterocycles. The van der Waals surface area contributed by atoms with E-state index in [0.29, 0.717) is 18.5 Å². The van der Waals surface area contributed by atoms with Crippen LogP contribution in [0.4, 0.5) is 0 Å². The first kappa shape index (κ1) is 18.2. The van der Waals surface area contributed by atoms with Crippen LogP contribution in [0, 0.1) is 24.2 Å². The minimum Gasteiger partial charge on any atom is -0.373 e. The summed E-state index contributed by atoms with van der Waals surface area (Å²) in [4.78, 5) is 12.4. The van der Waals surface area contributed by atoms with Gasteiger partial charge in [-0.15, -0.1) is 0 Å². The van der Waals surface area contributed by atoms with Crippen LogP contribution in [0.3, 0.4) is 0 Å². The molecule has 1 aliphatic rings. The van der Waals surface area contributed by atoms with Gasteiger partial charge in [-0.1, -0.05) is 42.0 Å². The molecule has 1 heterocycles. The smallest absolute Gasteiger partial charge is 0.251 e. The van der Waals surface area contributed by atoms with Crippen molar-refractivity contribution in [3.8, 4) is 6.07 Å². The highest BCUT2D eigenvalue weighted by Gasteiger charge is 2.27. The Morgan fingerprint density at radius 2 is 1.92 bits per heavy atom. The van der Waals surface area contributed by atoms with Gasteiger partial charge in [0.05, 0.1) is 18.6 Å². The van der Waals surface area contributed by atoms with Gasteiger partial charge in [-0.05, 0) is 43.0 Å². The Bertz CT molecular complexity index is 775. The summed E-state index contributed by atoms with van der Waals surface area (Å²) in [5, 5.41) is 11.8. The number of hydrogen-bond donors (Lipinski definition) is 1. The maximum atomic E-state index is 12.4. The average molecular weight is 348 g/mol.